The lowest BCUT2D eigenvalue weighted by molar-refractivity contribution is -0.484. The maximum absolute atomic E-state index is 13.8. The second-order valence-electron chi connectivity index (χ2n) is 7.51. The van der Waals surface area contributed by atoms with Crippen LogP contribution in [0.4, 0.5) is 92.2 Å². The normalized spacial score (nSPS) is 15.9. The molecule has 0 aromatic carbocycles. The second-order valence-corrected chi connectivity index (χ2v) is 7.51. The van der Waals surface area contributed by atoms with E-state index in [4.69, 9.17) is 0 Å². The highest BCUT2D eigenvalue weighted by Gasteiger charge is 2.98. The summed E-state index contributed by atoms with van der Waals surface area (Å²) in [4.78, 5) is 20.8. The van der Waals surface area contributed by atoms with Crippen molar-refractivity contribution in [2.24, 2.45) is 0 Å². The highest BCUT2D eigenvalue weighted by Crippen LogP contribution is 2.66. The molecule has 0 aliphatic rings. The van der Waals surface area contributed by atoms with Gasteiger partial charge in [-0.25, -0.2) is 9.59 Å². The van der Waals surface area contributed by atoms with Gasteiger partial charge in [0.15, 0.2) is 0 Å². The molecular formula is C18H11F21O4. The summed E-state index contributed by atoms with van der Waals surface area (Å²) in [5.74, 6) is -74.3. The summed E-state index contributed by atoms with van der Waals surface area (Å²) >= 11 is 0. The summed E-state index contributed by atoms with van der Waals surface area (Å²) < 4.78 is 280. The smallest absolute Gasteiger partial charge is 0.466 e. The summed E-state index contributed by atoms with van der Waals surface area (Å²) in [6, 6.07) is 0. The molecule has 0 N–H and O–H groups in total. The molecule has 0 aliphatic carbocycles. The summed E-state index contributed by atoms with van der Waals surface area (Å²) in [6.45, 7) is 7.06. The molecular weight excluding hydrogens is 679 g/mol. The van der Waals surface area contributed by atoms with Crippen LogP contribution in [0, 0.1) is 0 Å². The van der Waals surface area contributed by atoms with Crippen LogP contribution in [0.5, 0.6) is 0 Å². The molecule has 0 bridgehead atoms. The molecule has 0 amide bonds. The van der Waals surface area contributed by atoms with E-state index in [0.717, 1.165) is 0 Å². The summed E-state index contributed by atoms with van der Waals surface area (Å²) in [5.41, 5.74) is 0.433. The predicted molar refractivity (Wildman–Crippen MR) is 93.7 cm³/mol. The number of rotatable bonds is 10. The second kappa shape index (κ2) is 11.8. The van der Waals surface area contributed by atoms with Crippen molar-refractivity contribution in [3.63, 3.8) is 0 Å². The van der Waals surface area contributed by atoms with Gasteiger partial charge in [-0.1, -0.05) is 13.2 Å². The Morgan fingerprint density at radius 2 is 0.814 bits per heavy atom. The van der Waals surface area contributed by atoms with Crippen LogP contribution in [0.1, 0.15) is 6.92 Å². The molecule has 0 aliphatic heterocycles. The molecule has 0 heterocycles. The Balaban J connectivity index is 0. The van der Waals surface area contributed by atoms with Crippen molar-refractivity contribution in [2.45, 2.75) is 66.6 Å². The van der Waals surface area contributed by atoms with E-state index in [2.05, 4.69) is 22.6 Å². The van der Waals surface area contributed by atoms with Gasteiger partial charge in [-0.15, -0.1) is 0 Å². The van der Waals surface area contributed by atoms with Crippen LogP contribution in [0.25, 0.3) is 0 Å². The standard InChI is InChI=1S/C13H3F21O2.C5H8O2/c1-2-3(35)36-11(28,13(32,33)34)9(24,25)7(20,21)5(16,17)4(14,15)6(18,19)8(22,23)10(26,27)12(29,30)31;1-4(2)5(6)7-3/h2H,1H2;1H2,2-3H3. The minimum Gasteiger partial charge on any atom is -0.466 e. The number of esters is 2. The predicted octanol–water partition coefficient (Wildman–Crippen LogP) is 7.69. The van der Waals surface area contributed by atoms with Crippen LogP contribution < -0.4 is 0 Å². The molecule has 0 aromatic heterocycles. The van der Waals surface area contributed by atoms with Gasteiger partial charge in [0.1, 0.15) is 0 Å². The van der Waals surface area contributed by atoms with Gasteiger partial charge in [0.05, 0.1) is 7.11 Å². The largest absolute Gasteiger partial charge is 0.467 e. The summed E-state index contributed by atoms with van der Waals surface area (Å²) in [7, 11) is 1.33. The minimum atomic E-state index is -9.25. The zero-order valence-electron chi connectivity index (χ0n) is 20.1. The number of alkyl halides is 21. The fourth-order valence-electron chi connectivity index (χ4n) is 2.02. The van der Waals surface area contributed by atoms with Crippen LogP contribution in [-0.4, -0.2) is 78.7 Å². The summed E-state index contributed by atoms with van der Waals surface area (Å²) in [5, 5.41) is 0. The molecule has 4 nitrogen and oxygen atoms in total. The van der Waals surface area contributed by atoms with Gasteiger partial charge in [-0.3, -0.25) is 0 Å². The number of ether oxygens (including phenoxy) is 2. The van der Waals surface area contributed by atoms with Gasteiger partial charge in [-0.05, 0) is 6.92 Å². The molecule has 0 saturated carbocycles. The number of hydrogen-bond acceptors (Lipinski definition) is 4. The first-order valence-corrected chi connectivity index (χ1v) is 9.45. The topological polar surface area (TPSA) is 52.6 Å². The average molecular weight is 690 g/mol. The molecule has 0 radical (unpaired) electrons. The molecule has 0 aromatic rings. The van der Waals surface area contributed by atoms with Crippen molar-refractivity contribution in [3.8, 4) is 0 Å². The number of hydrogen-bond donors (Lipinski definition) is 0. The molecule has 0 spiro atoms. The van der Waals surface area contributed by atoms with Crippen molar-refractivity contribution >= 4 is 11.9 Å². The lowest BCUT2D eigenvalue weighted by atomic mass is 9.87. The molecule has 0 fully saturated rings. The minimum absolute atomic E-state index is 0.347. The van der Waals surface area contributed by atoms with Crippen LogP contribution in [0.15, 0.2) is 24.8 Å². The van der Waals surface area contributed by atoms with Crippen molar-refractivity contribution in [2.75, 3.05) is 7.11 Å². The summed E-state index contributed by atoms with van der Waals surface area (Å²) in [6.07, 6.45) is -16.7. The molecule has 254 valence electrons. The van der Waals surface area contributed by atoms with E-state index in [0.29, 0.717) is 5.57 Å². The lowest BCUT2D eigenvalue weighted by Crippen LogP contribution is -2.77. The third-order valence-electron chi connectivity index (χ3n) is 4.43. The van der Waals surface area contributed by atoms with Crippen LogP contribution >= 0.6 is 0 Å². The van der Waals surface area contributed by atoms with Gasteiger partial charge in [0.2, 0.25) is 0 Å². The Morgan fingerprint density at radius 1 is 0.535 bits per heavy atom. The molecule has 0 saturated heterocycles. The van der Waals surface area contributed by atoms with Crippen LogP contribution in [0.2, 0.25) is 0 Å². The Labute approximate surface area is 223 Å². The fraction of sp³-hybridized carbons (Fsp3) is 0.667. The van der Waals surface area contributed by atoms with Crippen molar-refractivity contribution in [1.29, 1.82) is 0 Å². The van der Waals surface area contributed by atoms with Gasteiger partial charge in [0.25, 0.3) is 0 Å². The zero-order valence-corrected chi connectivity index (χ0v) is 20.1. The SMILES string of the molecule is C=C(C)C(=O)OC.C=CC(=O)OC(F)(C(F)(F)F)C(F)(F)C(F)(F)C(F)(F)C(F)(F)C(F)(F)C(F)(F)C(F)(F)C(F)(F)F. The number of carbonyl (C=O) groups is 2. The number of halogens is 21. The maximum atomic E-state index is 13.8. The monoisotopic (exact) mass is 690 g/mol. The van der Waals surface area contributed by atoms with Crippen molar-refractivity contribution in [3.05, 3.63) is 24.8 Å². The van der Waals surface area contributed by atoms with E-state index < -0.39 is 71.7 Å². The number of methoxy groups -OCH3 is 1. The van der Waals surface area contributed by atoms with Crippen LogP contribution in [0.3, 0.4) is 0 Å². The molecule has 1 unspecified atom stereocenters. The van der Waals surface area contributed by atoms with E-state index in [9.17, 15) is 102 Å². The van der Waals surface area contributed by atoms with E-state index >= 15 is 0 Å². The van der Waals surface area contributed by atoms with Gasteiger partial charge >= 0.3 is 71.6 Å². The maximum Gasteiger partial charge on any atom is 0.467 e. The van der Waals surface area contributed by atoms with E-state index in [1.807, 2.05) is 0 Å². The third-order valence-corrected chi connectivity index (χ3v) is 4.43. The van der Waals surface area contributed by atoms with Gasteiger partial charge in [-0.2, -0.15) is 92.2 Å². The highest BCUT2D eigenvalue weighted by molar-refractivity contribution is 5.86. The Morgan fingerprint density at radius 3 is 1.00 bits per heavy atom. The Bertz CT molecular complexity index is 1060. The van der Waals surface area contributed by atoms with E-state index in [1.165, 1.54) is 7.11 Å². The first-order chi connectivity index (χ1) is 18.4. The molecule has 43 heavy (non-hydrogen) atoms. The van der Waals surface area contributed by atoms with E-state index in [-0.39, 0.29) is 5.97 Å². The highest BCUT2D eigenvalue weighted by atomic mass is 19.4. The molecule has 1 atom stereocenters. The third kappa shape index (κ3) is 6.43. The quantitative estimate of drug-likeness (QED) is 0.134. The van der Waals surface area contributed by atoms with Gasteiger partial charge < -0.3 is 9.47 Å². The van der Waals surface area contributed by atoms with Crippen molar-refractivity contribution in [1.82, 2.24) is 0 Å². The zero-order chi connectivity index (χ0) is 35.9. The van der Waals surface area contributed by atoms with Gasteiger partial charge in [0, 0.05) is 11.6 Å². The fourth-order valence-corrected chi connectivity index (χ4v) is 2.02. The molecule has 25 heteroatoms. The van der Waals surface area contributed by atoms with Crippen LogP contribution in [-0.2, 0) is 19.1 Å². The first kappa shape index (κ1) is 42.1. The van der Waals surface area contributed by atoms with Crippen molar-refractivity contribution < 1.29 is 111 Å². The lowest BCUT2D eigenvalue weighted by Gasteiger charge is -2.44. The number of carbonyl (C=O) groups excluding carboxylic acids is 2. The average Bonchev–Trinajstić information content (AvgIpc) is 2.81. The Hall–Kier alpha value is -3.05. The van der Waals surface area contributed by atoms with E-state index in [1.54, 1.807) is 6.92 Å². The Kier molecular flexibility index (Phi) is 11.5. The molecule has 0 rings (SSSR count). The first-order valence-electron chi connectivity index (χ1n) is 9.45.